The molecule has 0 aliphatic heterocycles. The van der Waals surface area contributed by atoms with Crippen LogP contribution in [0.5, 0.6) is 0 Å². The van der Waals surface area contributed by atoms with Gasteiger partial charge in [0.05, 0.1) is 8.68 Å². The Labute approximate surface area is 135 Å². The molecule has 0 aliphatic rings. The zero-order chi connectivity index (χ0) is 15.8. The van der Waals surface area contributed by atoms with Gasteiger partial charge in [-0.25, -0.2) is 12.8 Å². The van der Waals surface area contributed by atoms with Crippen LogP contribution in [0.3, 0.4) is 0 Å². The summed E-state index contributed by atoms with van der Waals surface area (Å²) < 4.78 is 40.7. The van der Waals surface area contributed by atoms with Crippen molar-refractivity contribution in [2.45, 2.75) is 18.4 Å². The number of hydrogen-bond donors (Lipinski definition) is 1. The van der Waals surface area contributed by atoms with E-state index < -0.39 is 15.8 Å². The van der Waals surface area contributed by atoms with Crippen molar-refractivity contribution in [1.29, 1.82) is 0 Å². The number of rotatable bonds is 4. The zero-order valence-corrected chi connectivity index (χ0v) is 14.6. The second-order valence-electron chi connectivity index (χ2n) is 4.64. The largest absolute Gasteiger partial charge is 0.398 e. The first-order valence-corrected chi connectivity index (χ1v) is 9.08. The molecule has 1 aromatic carbocycles. The minimum atomic E-state index is -3.79. The quantitative estimate of drug-likeness (QED) is 0.811. The standard InChI is InChI=1S/C13H14BrFN2O2S2/c1-8-11(15)4-10(5-12(8)16)21(18,19)17(2)6-9-3-13(14)20-7-9/h3-5,7H,6,16H2,1-2H3. The SMILES string of the molecule is Cc1c(N)cc(S(=O)(=O)N(C)Cc2csc(Br)c2)cc1F. The van der Waals surface area contributed by atoms with Crippen LogP contribution < -0.4 is 5.73 Å². The van der Waals surface area contributed by atoms with E-state index in [9.17, 15) is 12.8 Å². The van der Waals surface area contributed by atoms with Gasteiger partial charge in [-0.1, -0.05) is 0 Å². The molecule has 114 valence electrons. The maximum absolute atomic E-state index is 13.7. The molecule has 21 heavy (non-hydrogen) atoms. The summed E-state index contributed by atoms with van der Waals surface area (Å²) in [5, 5.41) is 1.86. The second-order valence-corrected chi connectivity index (χ2v) is 8.97. The van der Waals surface area contributed by atoms with E-state index in [1.54, 1.807) is 0 Å². The third-order valence-corrected chi connectivity index (χ3v) is 6.43. The van der Waals surface area contributed by atoms with Gasteiger partial charge in [0.2, 0.25) is 10.0 Å². The fraction of sp³-hybridized carbons (Fsp3) is 0.231. The lowest BCUT2D eigenvalue weighted by Gasteiger charge is -2.17. The van der Waals surface area contributed by atoms with Gasteiger partial charge in [0.15, 0.2) is 0 Å². The molecule has 4 nitrogen and oxygen atoms in total. The van der Waals surface area contributed by atoms with Gasteiger partial charge < -0.3 is 5.73 Å². The number of sulfonamides is 1. The molecule has 1 heterocycles. The highest BCUT2D eigenvalue weighted by atomic mass is 79.9. The van der Waals surface area contributed by atoms with Crippen LogP contribution in [0.4, 0.5) is 10.1 Å². The van der Waals surface area contributed by atoms with Crippen molar-refractivity contribution in [3.63, 3.8) is 0 Å². The van der Waals surface area contributed by atoms with E-state index in [0.717, 1.165) is 15.4 Å². The molecule has 2 rings (SSSR count). The molecule has 2 aromatic rings. The second kappa shape index (κ2) is 6.04. The molecule has 0 amide bonds. The lowest BCUT2D eigenvalue weighted by atomic mass is 10.2. The Morgan fingerprint density at radius 2 is 2.05 bits per heavy atom. The third kappa shape index (κ3) is 3.45. The summed E-state index contributed by atoms with van der Waals surface area (Å²) in [5.74, 6) is -0.625. The zero-order valence-electron chi connectivity index (χ0n) is 11.4. The Morgan fingerprint density at radius 1 is 1.38 bits per heavy atom. The Morgan fingerprint density at radius 3 is 2.57 bits per heavy atom. The fourth-order valence-electron chi connectivity index (χ4n) is 1.77. The van der Waals surface area contributed by atoms with E-state index in [-0.39, 0.29) is 22.7 Å². The average Bonchev–Trinajstić information content (AvgIpc) is 2.80. The van der Waals surface area contributed by atoms with Crippen molar-refractivity contribution in [1.82, 2.24) is 4.31 Å². The highest BCUT2D eigenvalue weighted by molar-refractivity contribution is 9.11. The summed E-state index contributed by atoms with van der Waals surface area (Å²) in [5.41, 5.74) is 6.88. The number of thiophene rings is 1. The van der Waals surface area contributed by atoms with Crippen LogP contribution in [-0.2, 0) is 16.6 Å². The molecule has 0 unspecified atom stereocenters. The number of nitrogens with two attached hydrogens (primary N) is 1. The minimum Gasteiger partial charge on any atom is -0.398 e. The lowest BCUT2D eigenvalue weighted by Crippen LogP contribution is -2.26. The van der Waals surface area contributed by atoms with Gasteiger partial charge in [-0.3, -0.25) is 0 Å². The van der Waals surface area contributed by atoms with Crippen molar-refractivity contribution < 1.29 is 12.8 Å². The molecule has 0 radical (unpaired) electrons. The van der Waals surface area contributed by atoms with Gasteiger partial charge in [-0.2, -0.15) is 4.31 Å². The molecular weight excluding hydrogens is 379 g/mol. The molecular formula is C13H14BrFN2O2S2. The topological polar surface area (TPSA) is 63.4 Å². The van der Waals surface area contributed by atoms with E-state index >= 15 is 0 Å². The van der Waals surface area contributed by atoms with Crippen LogP contribution >= 0.6 is 27.3 Å². The van der Waals surface area contributed by atoms with Crippen LogP contribution in [-0.4, -0.2) is 19.8 Å². The Kier molecular flexibility index (Phi) is 4.72. The number of benzene rings is 1. The van der Waals surface area contributed by atoms with Crippen LogP contribution in [0.1, 0.15) is 11.1 Å². The Hall–Kier alpha value is -0.960. The third-order valence-electron chi connectivity index (χ3n) is 3.09. The smallest absolute Gasteiger partial charge is 0.243 e. The molecule has 8 heteroatoms. The highest BCUT2D eigenvalue weighted by Gasteiger charge is 2.23. The molecule has 0 saturated carbocycles. The molecule has 0 spiro atoms. The maximum atomic E-state index is 13.7. The average molecular weight is 393 g/mol. The molecule has 0 fully saturated rings. The molecule has 0 atom stereocenters. The van der Waals surface area contributed by atoms with Gasteiger partial charge in [0, 0.05) is 24.8 Å². The summed E-state index contributed by atoms with van der Waals surface area (Å²) in [6, 6.07) is 4.13. The lowest BCUT2D eigenvalue weighted by molar-refractivity contribution is 0.466. The van der Waals surface area contributed by atoms with E-state index in [2.05, 4.69) is 15.9 Å². The number of halogens is 2. The molecule has 2 N–H and O–H groups in total. The molecule has 0 aliphatic carbocycles. The summed E-state index contributed by atoms with van der Waals surface area (Å²) in [4.78, 5) is -0.139. The molecule has 0 bridgehead atoms. The number of nitrogens with zero attached hydrogens (tertiary/aromatic N) is 1. The Bertz CT molecular complexity index is 751. The van der Waals surface area contributed by atoms with E-state index in [1.165, 1.54) is 35.7 Å². The molecule has 1 aromatic heterocycles. The minimum absolute atomic E-state index is 0.125. The maximum Gasteiger partial charge on any atom is 0.243 e. The van der Waals surface area contributed by atoms with E-state index in [4.69, 9.17) is 5.73 Å². The number of nitrogen functional groups attached to an aromatic ring is 1. The first-order valence-electron chi connectivity index (χ1n) is 5.96. The van der Waals surface area contributed by atoms with Crippen molar-refractivity contribution in [3.05, 3.63) is 44.3 Å². The summed E-state index contributed by atoms with van der Waals surface area (Å²) in [6.45, 7) is 1.72. The number of anilines is 1. The van der Waals surface area contributed by atoms with Gasteiger partial charge in [-0.05, 0) is 52.0 Å². The van der Waals surface area contributed by atoms with Gasteiger partial charge in [0.25, 0.3) is 0 Å². The van der Waals surface area contributed by atoms with Crippen LogP contribution in [0.25, 0.3) is 0 Å². The van der Waals surface area contributed by atoms with Gasteiger partial charge in [0.1, 0.15) is 5.82 Å². The van der Waals surface area contributed by atoms with Crippen LogP contribution in [0.15, 0.2) is 32.3 Å². The van der Waals surface area contributed by atoms with Gasteiger partial charge in [-0.15, -0.1) is 11.3 Å². The first-order chi connectivity index (χ1) is 9.71. The summed E-state index contributed by atoms with van der Waals surface area (Å²) in [6.07, 6.45) is 0. The summed E-state index contributed by atoms with van der Waals surface area (Å²) in [7, 11) is -2.33. The van der Waals surface area contributed by atoms with E-state index in [1.807, 2.05) is 11.4 Å². The van der Waals surface area contributed by atoms with Crippen molar-refractivity contribution in [3.8, 4) is 0 Å². The first kappa shape index (κ1) is 16.4. The summed E-state index contributed by atoms with van der Waals surface area (Å²) >= 11 is 4.80. The van der Waals surface area contributed by atoms with Crippen molar-refractivity contribution in [2.24, 2.45) is 0 Å². The predicted octanol–water partition coefficient (Wildman–Crippen LogP) is 3.36. The highest BCUT2D eigenvalue weighted by Crippen LogP contribution is 2.26. The van der Waals surface area contributed by atoms with E-state index in [0.29, 0.717) is 0 Å². The van der Waals surface area contributed by atoms with Crippen molar-refractivity contribution >= 4 is 43.0 Å². The Balaban J connectivity index is 2.33. The van der Waals surface area contributed by atoms with Gasteiger partial charge >= 0.3 is 0 Å². The molecule has 0 saturated heterocycles. The number of hydrogen-bond acceptors (Lipinski definition) is 4. The van der Waals surface area contributed by atoms with Crippen molar-refractivity contribution in [2.75, 3.05) is 12.8 Å². The van der Waals surface area contributed by atoms with Crippen LogP contribution in [0, 0.1) is 12.7 Å². The van der Waals surface area contributed by atoms with Crippen LogP contribution in [0.2, 0.25) is 0 Å². The predicted molar refractivity (Wildman–Crippen MR) is 86.2 cm³/mol. The normalized spacial score (nSPS) is 12.0. The monoisotopic (exact) mass is 392 g/mol. The fourth-order valence-corrected chi connectivity index (χ4v) is 4.18.